The van der Waals surface area contributed by atoms with Crippen molar-refractivity contribution >= 4 is 57.4 Å². The number of aldehydes is 1. The molecule has 3 N–H and O–H groups in total. The molecular formula is C50H83N7O11S2. The predicted octanol–water partition coefficient (Wildman–Crippen LogP) is 7.58. The van der Waals surface area contributed by atoms with Crippen molar-refractivity contribution in [2.24, 2.45) is 17.8 Å². The molecule has 2 heterocycles. The first kappa shape index (κ1) is 63.7. The third kappa shape index (κ3) is 20.8. The third-order valence-corrected chi connectivity index (χ3v) is 15.2. The number of hydrogen-bond donors (Lipinski definition) is 3. The number of nitrogens with zero attached hydrogens (tertiary/aromatic N) is 5. The smallest absolute Gasteiger partial charge is 0.410 e. The van der Waals surface area contributed by atoms with Gasteiger partial charge in [-0.05, 0) is 81.5 Å². The van der Waals surface area contributed by atoms with Gasteiger partial charge in [0.25, 0.3) is 5.69 Å². The van der Waals surface area contributed by atoms with Crippen LogP contribution in [0.1, 0.15) is 113 Å². The third-order valence-electron chi connectivity index (χ3n) is 12.0. The molecule has 1 fully saturated rings. The average Bonchev–Trinajstić information content (AvgIpc) is 3.76. The van der Waals surface area contributed by atoms with Gasteiger partial charge in [-0.2, -0.15) is 0 Å². The summed E-state index contributed by atoms with van der Waals surface area (Å²) in [5, 5.41) is 27.4. The van der Waals surface area contributed by atoms with E-state index in [4.69, 9.17) is 14.2 Å². The van der Waals surface area contributed by atoms with E-state index in [0.29, 0.717) is 5.03 Å². The monoisotopic (exact) mass is 1020 g/mol. The minimum absolute atomic E-state index is 0.0228. The van der Waals surface area contributed by atoms with Crippen LogP contribution < -0.4 is 10.6 Å². The molecule has 1 saturated heterocycles. The van der Waals surface area contributed by atoms with Crippen molar-refractivity contribution in [3.05, 3.63) is 64.3 Å². The van der Waals surface area contributed by atoms with Crippen LogP contribution in [0.4, 0.5) is 10.5 Å². The number of nitro groups is 1. The maximum Gasteiger partial charge on any atom is 0.410 e. The molecule has 1 aromatic heterocycles. The molecule has 0 spiro atoms. The van der Waals surface area contributed by atoms with E-state index in [-0.39, 0.29) is 79.1 Å². The Balaban J connectivity index is 0.000000758. The van der Waals surface area contributed by atoms with Crippen molar-refractivity contribution < 1.29 is 48.2 Å². The fourth-order valence-corrected chi connectivity index (χ4v) is 9.93. The molecule has 0 bridgehead atoms. The van der Waals surface area contributed by atoms with Crippen LogP contribution in [0.15, 0.2) is 53.7 Å². The van der Waals surface area contributed by atoms with Gasteiger partial charge in [0.15, 0.2) is 0 Å². The highest BCUT2D eigenvalue weighted by atomic mass is 33.1. The number of likely N-dealkylation sites (tertiary alicyclic amines) is 1. The number of carbonyl (C=O) groups excluding carboxylic acids is 5. The highest BCUT2D eigenvalue weighted by molar-refractivity contribution is 8.77. The van der Waals surface area contributed by atoms with Gasteiger partial charge in [-0.3, -0.25) is 29.4 Å². The fraction of sp³-hybridized carbons (Fsp3) is 0.680. The van der Waals surface area contributed by atoms with Gasteiger partial charge in [0.2, 0.25) is 17.7 Å². The molecule has 70 heavy (non-hydrogen) atoms. The molecule has 0 saturated carbocycles. The number of hydrogen-bond acceptors (Lipinski definition) is 15. The summed E-state index contributed by atoms with van der Waals surface area (Å²) in [6.45, 7) is 20.0. The van der Waals surface area contributed by atoms with Crippen LogP contribution in [0.25, 0.3) is 0 Å². The number of ether oxygens (including phenoxy) is 3. The Morgan fingerprint density at radius 2 is 1.63 bits per heavy atom. The second-order valence-electron chi connectivity index (χ2n) is 18.7. The first-order chi connectivity index (χ1) is 33.0. The predicted molar refractivity (Wildman–Crippen MR) is 277 cm³/mol. The zero-order chi connectivity index (χ0) is 53.3. The lowest BCUT2D eigenvalue weighted by Gasteiger charge is -2.37. The highest BCUT2D eigenvalue weighted by Crippen LogP contribution is 2.40. The fourth-order valence-electron chi connectivity index (χ4n) is 7.92. The maximum absolute atomic E-state index is 13.2. The summed E-state index contributed by atoms with van der Waals surface area (Å²) in [7, 11) is 11.0. The Labute approximate surface area is 425 Å². The standard InChI is InChI=1S/C28H45N5O8S2.C19H30N2O3.C3H8/c1-10-19(4)25(21(40-9)13-14-34)31(7)23(35)16-30-26(36)24(18(2)3)32(8)27(37)41-17-28(5,6)43-42-22-12-11-20(15-29-22)33(38)39;1-13(18(24-4)16-11-8-12-21(16)3)19(23)20-14(2)17(22)15-9-6-5-7-10-15;1-3-2/h11-12,14-15,18-19,21,24-25H,10,13,16-17H2,1-9H3,(H,30,36);5-7,9-10,13-14,16-18,22H,8,11-12H2,1-4H3,(H,20,23);3H2,1-2H3. The number of rotatable bonds is 25. The number of carbonyl (C=O) groups is 5. The quantitative estimate of drug-likeness (QED) is 0.0377. The van der Waals surface area contributed by atoms with E-state index in [1.54, 1.807) is 34.1 Å². The van der Waals surface area contributed by atoms with E-state index in [1.807, 2.05) is 71.9 Å². The van der Waals surface area contributed by atoms with Gasteiger partial charge in [0.1, 0.15) is 30.2 Å². The number of aliphatic hydroxyl groups excluding tert-OH is 1. The Hall–Kier alpha value is -4.34. The van der Waals surface area contributed by atoms with Crippen molar-refractivity contribution in [1.82, 2.24) is 30.3 Å². The number of likely N-dealkylation sites (N-methyl/N-ethyl adjacent to an activating group) is 3. The Bertz CT molecular complexity index is 1880. The highest BCUT2D eigenvalue weighted by Gasteiger charge is 2.38. The molecule has 1 aromatic carbocycles. The molecule has 18 nitrogen and oxygen atoms in total. The van der Waals surface area contributed by atoms with Crippen molar-refractivity contribution in [2.75, 3.05) is 55.1 Å². The maximum atomic E-state index is 13.2. The van der Waals surface area contributed by atoms with E-state index in [0.717, 1.165) is 37.7 Å². The zero-order valence-corrected chi connectivity index (χ0v) is 45.8. The van der Waals surface area contributed by atoms with Gasteiger partial charge in [-0.25, -0.2) is 9.78 Å². The first-order valence-electron chi connectivity index (χ1n) is 24.1. The number of amides is 4. The number of methoxy groups -OCH3 is 2. The van der Waals surface area contributed by atoms with Gasteiger partial charge >= 0.3 is 6.09 Å². The second-order valence-corrected chi connectivity index (χ2v) is 21.6. The Kier molecular flexibility index (Phi) is 29.7. The van der Waals surface area contributed by atoms with E-state index in [1.165, 1.54) is 64.2 Å². The van der Waals surface area contributed by atoms with Crippen molar-refractivity contribution in [2.45, 2.75) is 154 Å². The summed E-state index contributed by atoms with van der Waals surface area (Å²) in [5.74, 6) is -1.44. The van der Waals surface area contributed by atoms with Crippen molar-refractivity contribution in [1.29, 1.82) is 0 Å². The molecule has 3 rings (SSSR count). The number of pyridine rings is 1. The van der Waals surface area contributed by atoms with Crippen LogP contribution in [-0.4, -0.2) is 156 Å². The number of nitrogens with one attached hydrogen (secondary N) is 2. The van der Waals surface area contributed by atoms with Gasteiger partial charge < -0.3 is 44.5 Å². The van der Waals surface area contributed by atoms with E-state index < -0.39 is 39.9 Å². The number of aliphatic hydroxyl groups is 1. The van der Waals surface area contributed by atoms with Gasteiger partial charge in [0, 0.05) is 46.8 Å². The van der Waals surface area contributed by atoms with Crippen LogP contribution in [0, 0.1) is 27.9 Å². The van der Waals surface area contributed by atoms with Gasteiger partial charge in [-0.1, -0.05) is 102 Å². The second kappa shape index (κ2) is 32.6. The number of benzene rings is 1. The van der Waals surface area contributed by atoms with E-state index in [9.17, 15) is 39.2 Å². The van der Waals surface area contributed by atoms with E-state index >= 15 is 0 Å². The number of aromatic nitrogens is 1. The molecule has 396 valence electrons. The molecular weight excluding hydrogens is 939 g/mol. The SMILES string of the molecule is CCC.CCC(C)C(C(CC=O)OC)N(C)C(=O)CNC(=O)C(C(C)C)N(C)C(=O)OCC(C)(C)SSc1ccc([N+](=O)[O-])cn1.COC(C(C)C(=O)NC(C)C(O)c1ccccc1)C1CCCN1C. The van der Waals surface area contributed by atoms with Crippen molar-refractivity contribution in [3.8, 4) is 0 Å². The Morgan fingerprint density at radius 1 is 1.00 bits per heavy atom. The summed E-state index contributed by atoms with van der Waals surface area (Å²) >= 11 is 0. The molecule has 20 heteroatoms. The normalized spacial score (nSPS) is 17.1. The topological polar surface area (TPSA) is 223 Å². The molecule has 4 amide bonds. The van der Waals surface area contributed by atoms with Crippen LogP contribution in [0.3, 0.4) is 0 Å². The minimum Gasteiger partial charge on any atom is -0.448 e. The summed E-state index contributed by atoms with van der Waals surface area (Å²) in [6.07, 6.45) is 4.24. The molecule has 2 aromatic rings. The van der Waals surface area contributed by atoms with Crippen LogP contribution in [0.2, 0.25) is 0 Å². The summed E-state index contributed by atoms with van der Waals surface area (Å²) in [6, 6.07) is 11.0. The summed E-state index contributed by atoms with van der Waals surface area (Å²) < 4.78 is 16.1. The molecule has 9 unspecified atom stereocenters. The molecule has 0 radical (unpaired) electrons. The lowest BCUT2D eigenvalue weighted by molar-refractivity contribution is -0.385. The lowest BCUT2D eigenvalue weighted by atomic mass is 9.91. The van der Waals surface area contributed by atoms with Crippen molar-refractivity contribution in [3.63, 3.8) is 0 Å². The lowest BCUT2D eigenvalue weighted by Crippen LogP contribution is -2.55. The molecule has 9 atom stereocenters. The first-order valence-corrected chi connectivity index (χ1v) is 26.2. The van der Waals surface area contributed by atoms with Crippen LogP contribution in [0.5, 0.6) is 0 Å². The molecule has 0 aliphatic carbocycles. The van der Waals surface area contributed by atoms with Crippen LogP contribution >= 0.6 is 21.6 Å². The van der Waals surface area contributed by atoms with Gasteiger partial charge in [-0.15, -0.1) is 0 Å². The summed E-state index contributed by atoms with van der Waals surface area (Å²) in [4.78, 5) is 82.4. The minimum atomic E-state index is -0.896. The largest absolute Gasteiger partial charge is 0.448 e. The van der Waals surface area contributed by atoms with Gasteiger partial charge in [0.05, 0.1) is 52.5 Å². The van der Waals surface area contributed by atoms with Crippen LogP contribution in [-0.2, 0) is 33.4 Å². The average molecular weight is 1020 g/mol. The Morgan fingerprint density at radius 3 is 2.11 bits per heavy atom. The summed E-state index contributed by atoms with van der Waals surface area (Å²) in [5.41, 5.74) is 0.701. The molecule has 1 aliphatic heterocycles. The molecule has 1 aliphatic rings. The van der Waals surface area contributed by atoms with E-state index in [2.05, 4.69) is 41.4 Å². The zero-order valence-electron chi connectivity index (χ0n) is 44.2.